The summed E-state index contributed by atoms with van der Waals surface area (Å²) in [7, 11) is -0.463. The van der Waals surface area contributed by atoms with Gasteiger partial charge in [0.2, 0.25) is 5.13 Å². The standard InChI is InChI=1S/C32H38FN5O4SSi/c1-19-16-22(28-24(33)10-8-13-27(28)40-5)23(17-34-19)29(39)36-30-37-38-31(43-30)41-18-20-14-15-21-25(35-20)11-9-12-26(21)42-44(6,7)32(2,3)4/h8,10,13-17,26H,9,11-12,18H2,1-7H3,(H,36,37,39). The fraction of sp³-hybridized carbons (Fsp3) is 0.406. The van der Waals surface area contributed by atoms with Crippen LogP contribution in [-0.4, -0.2) is 41.5 Å². The van der Waals surface area contributed by atoms with Crippen LogP contribution in [0, 0.1) is 12.7 Å². The van der Waals surface area contributed by atoms with E-state index in [4.69, 9.17) is 18.9 Å². The molecule has 44 heavy (non-hydrogen) atoms. The number of pyridine rings is 2. The quantitative estimate of drug-likeness (QED) is 0.187. The lowest BCUT2D eigenvalue weighted by Gasteiger charge is -2.40. The number of carbonyl (C=O) groups is 1. The molecule has 232 valence electrons. The first-order valence-corrected chi connectivity index (χ1v) is 18.3. The predicted molar refractivity (Wildman–Crippen MR) is 171 cm³/mol. The van der Waals surface area contributed by atoms with E-state index in [1.807, 2.05) is 6.07 Å². The van der Waals surface area contributed by atoms with Gasteiger partial charge in [-0.25, -0.2) is 4.39 Å². The zero-order valence-electron chi connectivity index (χ0n) is 26.2. The van der Waals surface area contributed by atoms with Crippen LogP contribution in [0.25, 0.3) is 11.1 Å². The van der Waals surface area contributed by atoms with E-state index >= 15 is 0 Å². The van der Waals surface area contributed by atoms with Crippen LogP contribution < -0.4 is 14.8 Å². The zero-order valence-corrected chi connectivity index (χ0v) is 28.0. The smallest absolute Gasteiger partial charge is 0.296 e. The maximum Gasteiger partial charge on any atom is 0.296 e. The maximum atomic E-state index is 14.9. The molecule has 4 aromatic rings. The number of nitrogens with zero attached hydrogens (tertiary/aromatic N) is 4. The Morgan fingerprint density at radius 2 is 1.98 bits per heavy atom. The lowest BCUT2D eigenvalue weighted by atomic mass is 9.93. The van der Waals surface area contributed by atoms with Crippen molar-refractivity contribution in [2.24, 2.45) is 0 Å². The molecular formula is C32H38FN5O4SSi. The van der Waals surface area contributed by atoms with E-state index in [2.05, 4.69) is 60.4 Å². The second-order valence-electron chi connectivity index (χ2n) is 12.4. The van der Waals surface area contributed by atoms with Gasteiger partial charge in [-0.1, -0.05) is 38.0 Å². The molecule has 1 aliphatic carbocycles. The van der Waals surface area contributed by atoms with Crippen LogP contribution in [0.5, 0.6) is 10.9 Å². The topological polar surface area (TPSA) is 108 Å². The molecule has 0 bridgehead atoms. The van der Waals surface area contributed by atoms with E-state index in [0.717, 1.165) is 42.0 Å². The summed E-state index contributed by atoms with van der Waals surface area (Å²) < 4.78 is 32.9. The molecule has 0 aliphatic heterocycles. The third kappa shape index (κ3) is 6.82. The van der Waals surface area contributed by atoms with Crippen molar-refractivity contribution in [1.29, 1.82) is 0 Å². The number of hydrogen-bond acceptors (Lipinski definition) is 9. The number of nitrogens with one attached hydrogen (secondary N) is 1. The van der Waals surface area contributed by atoms with Gasteiger partial charge in [0, 0.05) is 28.7 Å². The Hall–Kier alpha value is -3.74. The van der Waals surface area contributed by atoms with Crippen LogP contribution >= 0.6 is 11.3 Å². The first kappa shape index (κ1) is 31.7. The normalized spacial score (nSPS) is 15.0. The van der Waals surface area contributed by atoms with Gasteiger partial charge < -0.3 is 13.9 Å². The highest BCUT2D eigenvalue weighted by Gasteiger charge is 2.40. The highest BCUT2D eigenvalue weighted by Crippen LogP contribution is 2.43. The zero-order chi connectivity index (χ0) is 31.6. The summed E-state index contributed by atoms with van der Waals surface area (Å²) in [4.78, 5) is 22.4. The fourth-order valence-electron chi connectivity index (χ4n) is 4.90. The number of aryl methyl sites for hydroxylation is 2. The van der Waals surface area contributed by atoms with Crippen LogP contribution in [0.3, 0.4) is 0 Å². The molecule has 0 spiro atoms. The van der Waals surface area contributed by atoms with E-state index in [1.54, 1.807) is 25.1 Å². The Kier molecular flexibility index (Phi) is 9.14. The molecule has 3 heterocycles. The Bertz CT molecular complexity index is 1670. The monoisotopic (exact) mass is 635 g/mol. The van der Waals surface area contributed by atoms with Gasteiger partial charge in [-0.05, 0) is 79.9 Å². The van der Waals surface area contributed by atoms with Gasteiger partial charge in [-0.3, -0.25) is 20.1 Å². The van der Waals surface area contributed by atoms with Crippen molar-refractivity contribution in [2.75, 3.05) is 12.4 Å². The number of hydrogen-bond donors (Lipinski definition) is 1. The molecule has 0 saturated heterocycles. The summed E-state index contributed by atoms with van der Waals surface area (Å²) in [5, 5.41) is 11.5. The first-order valence-electron chi connectivity index (χ1n) is 14.6. The number of benzene rings is 1. The van der Waals surface area contributed by atoms with Crippen molar-refractivity contribution in [2.45, 2.75) is 77.8 Å². The van der Waals surface area contributed by atoms with Gasteiger partial charge in [-0.2, -0.15) is 0 Å². The largest absolute Gasteiger partial charge is 0.496 e. The second kappa shape index (κ2) is 12.7. The molecule has 1 aromatic carbocycles. The van der Waals surface area contributed by atoms with Crippen molar-refractivity contribution in [3.8, 4) is 22.1 Å². The van der Waals surface area contributed by atoms with Crippen molar-refractivity contribution in [1.82, 2.24) is 20.2 Å². The lowest BCUT2D eigenvalue weighted by molar-refractivity contribution is 0.102. The van der Waals surface area contributed by atoms with Crippen molar-refractivity contribution >= 4 is 30.7 Å². The van der Waals surface area contributed by atoms with Crippen molar-refractivity contribution < 1.29 is 23.1 Å². The molecule has 0 radical (unpaired) electrons. The van der Waals surface area contributed by atoms with Crippen LogP contribution in [0.2, 0.25) is 18.1 Å². The molecule has 3 aromatic heterocycles. The van der Waals surface area contributed by atoms with Gasteiger partial charge in [0.1, 0.15) is 18.2 Å². The molecular weight excluding hydrogens is 598 g/mol. The average Bonchev–Trinajstić information content (AvgIpc) is 3.42. The molecule has 1 aliphatic rings. The first-order chi connectivity index (χ1) is 20.9. The third-order valence-electron chi connectivity index (χ3n) is 8.26. The molecule has 9 nitrogen and oxygen atoms in total. The number of methoxy groups -OCH3 is 1. The third-order valence-corrected chi connectivity index (χ3v) is 13.5. The Morgan fingerprint density at radius 3 is 2.73 bits per heavy atom. The summed E-state index contributed by atoms with van der Waals surface area (Å²) >= 11 is 1.09. The van der Waals surface area contributed by atoms with Gasteiger partial charge >= 0.3 is 0 Å². The highest BCUT2D eigenvalue weighted by atomic mass is 32.1. The number of ether oxygens (including phenoxy) is 2. The van der Waals surface area contributed by atoms with Crippen molar-refractivity contribution in [3.05, 3.63) is 76.6 Å². The molecule has 1 unspecified atom stereocenters. The lowest BCUT2D eigenvalue weighted by Crippen LogP contribution is -2.42. The Morgan fingerprint density at radius 1 is 1.18 bits per heavy atom. The van der Waals surface area contributed by atoms with Gasteiger partial charge in [-0.15, -0.1) is 5.10 Å². The summed E-state index contributed by atoms with van der Waals surface area (Å²) in [5.41, 5.74) is 4.35. The molecule has 0 saturated carbocycles. The number of fused-ring (bicyclic) bond motifs is 1. The minimum atomic E-state index is -1.92. The molecule has 1 atom stereocenters. The molecule has 0 fully saturated rings. The second-order valence-corrected chi connectivity index (χ2v) is 18.1. The van der Waals surface area contributed by atoms with Gasteiger partial charge in [0.15, 0.2) is 8.32 Å². The molecule has 12 heteroatoms. The van der Waals surface area contributed by atoms with Crippen LogP contribution in [0.4, 0.5) is 9.52 Å². The van der Waals surface area contributed by atoms with E-state index in [-0.39, 0.29) is 39.2 Å². The van der Waals surface area contributed by atoms with E-state index in [0.29, 0.717) is 17.0 Å². The number of anilines is 1. The van der Waals surface area contributed by atoms with Crippen molar-refractivity contribution in [3.63, 3.8) is 0 Å². The summed E-state index contributed by atoms with van der Waals surface area (Å²) in [6.07, 6.45) is 4.42. The number of carbonyl (C=O) groups excluding carboxylic acids is 1. The summed E-state index contributed by atoms with van der Waals surface area (Å²) in [5.74, 6) is -0.706. The fourth-order valence-corrected chi connectivity index (χ4v) is 6.80. The van der Waals surface area contributed by atoms with E-state index < -0.39 is 20.0 Å². The number of rotatable bonds is 9. The highest BCUT2D eigenvalue weighted by molar-refractivity contribution is 7.17. The van der Waals surface area contributed by atoms with Gasteiger partial charge in [0.25, 0.3) is 11.1 Å². The number of amides is 1. The minimum Gasteiger partial charge on any atom is -0.496 e. The Labute approximate surface area is 262 Å². The van der Waals surface area contributed by atoms with Gasteiger partial charge in [0.05, 0.1) is 30.0 Å². The molecule has 1 N–H and O–H groups in total. The van der Waals surface area contributed by atoms with Crippen LogP contribution in [-0.2, 0) is 17.5 Å². The Balaban J connectivity index is 1.26. The molecule has 1 amide bonds. The van der Waals surface area contributed by atoms with Crippen LogP contribution in [0.15, 0.2) is 42.6 Å². The SMILES string of the molecule is COc1cccc(F)c1-c1cc(C)ncc1C(=O)Nc1nnc(OCc2ccc3c(n2)CCCC3O[Si](C)(C)C(C)(C)C)s1. The predicted octanol–water partition coefficient (Wildman–Crippen LogP) is 7.68. The molecule has 5 rings (SSSR count). The van der Waals surface area contributed by atoms with Crippen LogP contribution in [0.1, 0.15) is 72.7 Å². The van der Waals surface area contributed by atoms with E-state index in [9.17, 15) is 9.18 Å². The summed E-state index contributed by atoms with van der Waals surface area (Å²) in [6.45, 7) is 13.3. The average molecular weight is 636 g/mol. The number of aromatic nitrogens is 4. The minimum absolute atomic E-state index is 0.0696. The van der Waals surface area contributed by atoms with E-state index in [1.165, 1.54) is 24.9 Å². The summed E-state index contributed by atoms with van der Waals surface area (Å²) in [6, 6.07) is 10.2. The maximum absolute atomic E-state index is 14.9. The number of halogens is 1.